The molecule has 1 saturated heterocycles. The molecule has 0 radical (unpaired) electrons. The van der Waals surface area contributed by atoms with Crippen LogP contribution in [-0.2, 0) is 0 Å². The van der Waals surface area contributed by atoms with Crippen LogP contribution < -0.4 is 5.32 Å². The second-order valence-electron chi connectivity index (χ2n) is 5.52. The quantitative estimate of drug-likeness (QED) is 0.895. The van der Waals surface area contributed by atoms with Crippen molar-refractivity contribution in [3.63, 3.8) is 0 Å². The second-order valence-corrected chi connectivity index (χ2v) is 5.92. The molecule has 21 heavy (non-hydrogen) atoms. The molecule has 1 amide bonds. The van der Waals surface area contributed by atoms with E-state index < -0.39 is 0 Å². The molecule has 0 aliphatic carbocycles. The molecule has 4 nitrogen and oxygen atoms in total. The molecule has 0 saturated carbocycles. The highest BCUT2D eigenvalue weighted by Crippen LogP contribution is 2.26. The molecule has 1 aromatic rings. The van der Waals surface area contributed by atoms with Crippen molar-refractivity contribution >= 4 is 23.3 Å². The maximum atomic E-state index is 12.8. The summed E-state index contributed by atoms with van der Waals surface area (Å²) in [6.45, 7) is 5.77. The lowest BCUT2D eigenvalue weighted by molar-refractivity contribution is 0.0601. The van der Waals surface area contributed by atoms with Gasteiger partial charge in [-0.25, -0.2) is 4.98 Å². The van der Waals surface area contributed by atoms with Crippen molar-refractivity contribution in [3.05, 3.63) is 22.8 Å². The summed E-state index contributed by atoms with van der Waals surface area (Å²) >= 11 is 6.20. The van der Waals surface area contributed by atoms with Crippen LogP contribution in [0.25, 0.3) is 0 Å². The van der Waals surface area contributed by atoms with Gasteiger partial charge in [-0.3, -0.25) is 4.79 Å². The topological polar surface area (TPSA) is 45.2 Å². The first kappa shape index (κ1) is 16.1. The number of halogens is 1. The van der Waals surface area contributed by atoms with Crippen LogP contribution in [0.15, 0.2) is 12.3 Å². The van der Waals surface area contributed by atoms with E-state index in [9.17, 15) is 4.79 Å². The largest absolute Gasteiger partial charge is 0.370 e. The second kappa shape index (κ2) is 7.64. The molecule has 1 atom stereocenters. The van der Waals surface area contributed by atoms with Gasteiger partial charge in [0.15, 0.2) is 0 Å². The van der Waals surface area contributed by atoms with E-state index in [1.807, 2.05) is 11.8 Å². The van der Waals surface area contributed by atoms with Crippen molar-refractivity contribution in [1.29, 1.82) is 0 Å². The molecular formula is C16H24ClN3O. The van der Waals surface area contributed by atoms with Crippen molar-refractivity contribution < 1.29 is 4.79 Å². The summed E-state index contributed by atoms with van der Waals surface area (Å²) in [7, 11) is 0. The molecule has 1 fully saturated rings. The number of hydrogen-bond donors (Lipinski definition) is 1. The molecule has 5 heteroatoms. The predicted octanol–water partition coefficient (Wildman–Crippen LogP) is 3.96. The average Bonchev–Trinajstić information content (AvgIpc) is 2.50. The molecule has 1 aromatic heterocycles. The lowest BCUT2D eigenvalue weighted by Gasteiger charge is -2.36. The maximum Gasteiger partial charge on any atom is 0.255 e. The van der Waals surface area contributed by atoms with Gasteiger partial charge in [0.05, 0.1) is 10.6 Å². The summed E-state index contributed by atoms with van der Waals surface area (Å²) in [4.78, 5) is 19.0. The van der Waals surface area contributed by atoms with Crippen LogP contribution in [0.2, 0.25) is 5.02 Å². The third kappa shape index (κ3) is 3.88. The van der Waals surface area contributed by atoms with Crippen LogP contribution in [-0.4, -0.2) is 34.9 Å². The van der Waals surface area contributed by atoms with Gasteiger partial charge in [0.1, 0.15) is 5.82 Å². The van der Waals surface area contributed by atoms with E-state index in [0.717, 1.165) is 38.8 Å². The standard InChI is InChI=1S/C16H24ClN3O/c1-3-7-12-8-5-6-9-20(12)16(21)13-10-15(18-4-2)19-11-14(13)17/h10-12H,3-9H2,1-2H3,(H,18,19). The van der Waals surface area contributed by atoms with E-state index in [2.05, 4.69) is 17.2 Å². The van der Waals surface area contributed by atoms with E-state index >= 15 is 0 Å². The van der Waals surface area contributed by atoms with Crippen molar-refractivity contribution in [3.8, 4) is 0 Å². The van der Waals surface area contributed by atoms with Gasteiger partial charge in [0.25, 0.3) is 5.91 Å². The molecule has 1 aliphatic heterocycles. The minimum absolute atomic E-state index is 0.0414. The third-order valence-corrected chi connectivity index (χ3v) is 4.25. The Morgan fingerprint density at radius 1 is 1.48 bits per heavy atom. The predicted molar refractivity (Wildman–Crippen MR) is 87.0 cm³/mol. The summed E-state index contributed by atoms with van der Waals surface area (Å²) in [6.07, 6.45) is 7.11. The number of anilines is 1. The Morgan fingerprint density at radius 2 is 2.29 bits per heavy atom. The molecule has 116 valence electrons. The van der Waals surface area contributed by atoms with Gasteiger partial charge in [-0.05, 0) is 38.7 Å². The first-order chi connectivity index (χ1) is 10.2. The number of rotatable bonds is 5. The fourth-order valence-electron chi connectivity index (χ4n) is 2.94. The minimum Gasteiger partial charge on any atom is -0.370 e. The normalized spacial score (nSPS) is 18.6. The van der Waals surface area contributed by atoms with Crippen LogP contribution in [0, 0.1) is 0 Å². The zero-order valence-electron chi connectivity index (χ0n) is 12.9. The number of nitrogens with zero attached hydrogens (tertiary/aromatic N) is 2. The highest BCUT2D eigenvalue weighted by atomic mass is 35.5. The van der Waals surface area contributed by atoms with E-state index in [4.69, 9.17) is 11.6 Å². The average molecular weight is 310 g/mol. The Hall–Kier alpha value is -1.29. The molecule has 2 rings (SSSR count). The highest BCUT2D eigenvalue weighted by Gasteiger charge is 2.28. The monoisotopic (exact) mass is 309 g/mol. The van der Waals surface area contributed by atoms with Gasteiger partial charge in [-0.15, -0.1) is 0 Å². The Bertz CT molecular complexity index is 490. The number of carbonyl (C=O) groups is 1. The van der Waals surface area contributed by atoms with Crippen LogP contribution in [0.5, 0.6) is 0 Å². The summed E-state index contributed by atoms with van der Waals surface area (Å²) in [5.74, 6) is 0.744. The molecule has 2 heterocycles. The van der Waals surface area contributed by atoms with E-state index in [0.29, 0.717) is 22.4 Å². The SMILES string of the molecule is CCCC1CCCCN1C(=O)c1cc(NCC)ncc1Cl. The minimum atomic E-state index is 0.0414. The zero-order valence-corrected chi connectivity index (χ0v) is 13.6. The van der Waals surface area contributed by atoms with Crippen molar-refractivity contribution in [2.75, 3.05) is 18.4 Å². The van der Waals surface area contributed by atoms with Gasteiger partial charge in [0.2, 0.25) is 0 Å². The molecule has 0 aromatic carbocycles. The summed E-state index contributed by atoms with van der Waals surface area (Å²) < 4.78 is 0. The van der Waals surface area contributed by atoms with Gasteiger partial charge < -0.3 is 10.2 Å². The highest BCUT2D eigenvalue weighted by molar-refractivity contribution is 6.33. The Morgan fingerprint density at radius 3 is 3.00 bits per heavy atom. The molecule has 0 spiro atoms. The number of aromatic nitrogens is 1. The number of amides is 1. The zero-order chi connectivity index (χ0) is 15.2. The van der Waals surface area contributed by atoms with Gasteiger partial charge >= 0.3 is 0 Å². The van der Waals surface area contributed by atoms with Crippen LogP contribution >= 0.6 is 11.6 Å². The number of likely N-dealkylation sites (tertiary alicyclic amines) is 1. The van der Waals surface area contributed by atoms with E-state index in [1.54, 1.807) is 12.3 Å². The van der Waals surface area contributed by atoms with Crippen LogP contribution in [0.3, 0.4) is 0 Å². The molecule has 0 bridgehead atoms. The van der Waals surface area contributed by atoms with Crippen LogP contribution in [0.1, 0.15) is 56.3 Å². The van der Waals surface area contributed by atoms with Gasteiger partial charge in [-0.2, -0.15) is 0 Å². The van der Waals surface area contributed by atoms with Gasteiger partial charge in [0, 0.05) is 25.3 Å². The summed E-state index contributed by atoms with van der Waals surface area (Å²) in [5.41, 5.74) is 0.561. The van der Waals surface area contributed by atoms with Crippen molar-refractivity contribution in [1.82, 2.24) is 9.88 Å². The lowest BCUT2D eigenvalue weighted by atomic mass is 9.97. The number of pyridine rings is 1. The number of piperidine rings is 1. The fraction of sp³-hybridized carbons (Fsp3) is 0.625. The van der Waals surface area contributed by atoms with Gasteiger partial charge in [-0.1, -0.05) is 24.9 Å². The number of carbonyl (C=O) groups excluding carboxylic acids is 1. The first-order valence-corrected chi connectivity index (χ1v) is 8.25. The van der Waals surface area contributed by atoms with Crippen LogP contribution in [0.4, 0.5) is 5.82 Å². The molecule has 1 aliphatic rings. The smallest absolute Gasteiger partial charge is 0.255 e. The third-order valence-electron chi connectivity index (χ3n) is 3.95. The number of hydrogen-bond acceptors (Lipinski definition) is 3. The lowest BCUT2D eigenvalue weighted by Crippen LogP contribution is -2.43. The van der Waals surface area contributed by atoms with Crippen molar-refractivity contribution in [2.24, 2.45) is 0 Å². The Labute approximate surface area is 131 Å². The maximum absolute atomic E-state index is 12.8. The van der Waals surface area contributed by atoms with E-state index in [1.165, 1.54) is 6.42 Å². The van der Waals surface area contributed by atoms with Crippen molar-refractivity contribution in [2.45, 2.75) is 52.0 Å². The fourth-order valence-corrected chi connectivity index (χ4v) is 3.12. The molecular weight excluding hydrogens is 286 g/mol. The first-order valence-electron chi connectivity index (χ1n) is 7.87. The van der Waals surface area contributed by atoms with E-state index in [-0.39, 0.29) is 5.91 Å². The summed E-state index contributed by atoms with van der Waals surface area (Å²) in [6, 6.07) is 2.12. The number of nitrogens with one attached hydrogen (secondary N) is 1. The Kier molecular flexibility index (Phi) is 5.85. The summed E-state index contributed by atoms with van der Waals surface area (Å²) in [5, 5.41) is 3.56. The molecule has 1 unspecified atom stereocenters. The molecule has 1 N–H and O–H groups in total. The Balaban J connectivity index is 2.22.